The Kier molecular flexibility index (Phi) is 7.27. The highest BCUT2D eigenvalue weighted by Crippen LogP contribution is 2.60. The molecule has 7 nitrogen and oxygen atoms in total. The summed E-state index contributed by atoms with van der Waals surface area (Å²) < 4.78 is 14.8. The Morgan fingerprint density at radius 3 is 2.58 bits per heavy atom. The molecule has 0 amide bonds. The van der Waals surface area contributed by atoms with Crippen molar-refractivity contribution in [3.8, 4) is 5.75 Å². The second-order valence-electron chi connectivity index (χ2n) is 10.8. The van der Waals surface area contributed by atoms with Gasteiger partial charge in [-0.15, -0.1) is 0 Å². The van der Waals surface area contributed by atoms with E-state index < -0.39 is 7.82 Å². The number of phenolic OH excluding ortho intramolecular Hbond substituents is 1. The summed E-state index contributed by atoms with van der Waals surface area (Å²) in [6, 6.07) is 5.96. The number of aliphatic hydroxyl groups is 1. The lowest BCUT2D eigenvalue weighted by atomic mass is 9.55. The summed E-state index contributed by atoms with van der Waals surface area (Å²) in [7, 11) is 1.19. The molecule has 2 unspecified atom stereocenters. The van der Waals surface area contributed by atoms with Crippen molar-refractivity contribution in [2.24, 2.45) is 17.3 Å². The van der Waals surface area contributed by atoms with Gasteiger partial charge in [0.2, 0.25) is 0 Å². The lowest BCUT2D eigenvalue weighted by molar-refractivity contribution is -0.870. The molecule has 0 aromatic heterocycles. The fraction of sp³-hybridized carbons (Fsp3) is 0.739. The van der Waals surface area contributed by atoms with Crippen LogP contribution in [0.25, 0.3) is 0 Å². The first-order valence-electron chi connectivity index (χ1n) is 11.3. The second kappa shape index (κ2) is 9.12. The van der Waals surface area contributed by atoms with E-state index in [2.05, 4.69) is 17.5 Å². The average molecular weight is 456 g/mol. The van der Waals surface area contributed by atoms with Gasteiger partial charge in [-0.25, -0.2) is 0 Å². The first-order valence-corrected chi connectivity index (χ1v) is 12.8. The maximum absolute atomic E-state index is 10.4. The molecule has 2 fully saturated rings. The number of phenols is 1. The quantitative estimate of drug-likeness (QED) is 0.476. The molecular weight excluding hydrogens is 417 g/mol. The molecule has 31 heavy (non-hydrogen) atoms. The molecule has 1 aromatic rings. The number of quaternary nitrogens is 1. The number of aliphatic hydroxyl groups excluding tert-OH is 1. The van der Waals surface area contributed by atoms with Crippen molar-refractivity contribution in [1.82, 2.24) is 0 Å². The summed E-state index contributed by atoms with van der Waals surface area (Å²) in [5.41, 5.74) is 2.99. The lowest BCUT2D eigenvalue weighted by Gasteiger charge is -2.50. The number of phosphoric ester groups is 1. The van der Waals surface area contributed by atoms with Crippen LogP contribution < -0.4 is 4.89 Å². The maximum atomic E-state index is 10.4. The van der Waals surface area contributed by atoms with E-state index in [1.807, 2.05) is 33.3 Å². The number of fused-ring (bicyclic) bond motifs is 5. The molecule has 8 heteroatoms. The number of hydrogen-bond donors (Lipinski definition) is 3. The molecule has 0 radical (unpaired) electrons. The minimum absolute atomic E-state index is 0.0147. The Labute approximate surface area is 185 Å². The van der Waals surface area contributed by atoms with Crippen LogP contribution in [0.15, 0.2) is 18.2 Å². The van der Waals surface area contributed by atoms with Crippen molar-refractivity contribution < 1.29 is 33.6 Å². The maximum Gasteiger partial charge on any atom is 0.265 e. The third kappa shape index (κ3) is 5.89. The van der Waals surface area contributed by atoms with Gasteiger partial charge in [0.25, 0.3) is 7.82 Å². The summed E-state index contributed by atoms with van der Waals surface area (Å²) in [6.45, 7) is 2.87. The van der Waals surface area contributed by atoms with Crippen molar-refractivity contribution in [3.63, 3.8) is 0 Å². The Morgan fingerprint density at radius 2 is 1.94 bits per heavy atom. The van der Waals surface area contributed by atoms with Crippen molar-refractivity contribution in [2.45, 2.75) is 57.5 Å². The van der Waals surface area contributed by atoms with E-state index in [0.717, 1.165) is 25.2 Å². The number of rotatable bonds is 4. The fourth-order valence-corrected chi connectivity index (χ4v) is 6.28. The van der Waals surface area contributed by atoms with Crippen LogP contribution in [-0.2, 0) is 15.5 Å². The number of phosphoric acid groups is 1. The van der Waals surface area contributed by atoms with Crippen LogP contribution >= 0.6 is 7.82 Å². The van der Waals surface area contributed by atoms with E-state index in [-0.39, 0.29) is 18.1 Å². The number of benzene rings is 1. The van der Waals surface area contributed by atoms with Crippen molar-refractivity contribution in [3.05, 3.63) is 29.3 Å². The number of likely N-dealkylation sites (N-methyl/N-ethyl adjacent to an activating group) is 1. The third-order valence-corrected chi connectivity index (χ3v) is 8.19. The van der Waals surface area contributed by atoms with E-state index >= 15 is 0 Å². The van der Waals surface area contributed by atoms with E-state index in [4.69, 9.17) is 4.89 Å². The third-order valence-electron chi connectivity index (χ3n) is 7.68. The van der Waals surface area contributed by atoms with Gasteiger partial charge in [0, 0.05) is 0 Å². The zero-order chi connectivity index (χ0) is 23.0. The highest BCUT2D eigenvalue weighted by Gasteiger charge is 2.54. The van der Waals surface area contributed by atoms with Crippen LogP contribution in [0, 0.1) is 17.3 Å². The van der Waals surface area contributed by atoms with Gasteiger partial charge < -0.3 is 29.0 Å². The van der Waals surface area contributed by atoms with E-state index in [0.29, 0.717) is 28.6 Å². The second-order valence-corrected chi connectivity index (χ2v) is 11.9. The van der Waals surface area contributed by atoms with Gasteiger partial charge in [0.15, 0.2) is 0 Å². The average Bonchev–Trinajstić information content (AvgIpc) is 2.94. The Morgan fingerprint density at radius 1 is 1.23 bits per heavy atom. The largest absolute Gasteiger partial charge is 0.756 e. The Hall–Kier alpha value is -0.950. The highest BCUT2D eigenvalue weighted by atomic mass is 31.2. The van der Waals surface area contributed by atoms with E-state index in [1.54, 1.807) is 0 Å². The van der Waals surface area contributed by atoms with Gasteiger partial charge in [-0.1, -0.05) is 13.0 Å². The van der Waals surface area contributed by atoms with Gasteiger partial charge >= 0.3 is 0 Å². The number of nitrogens with zero attached hydrogens (tertiary/aromatic N) is 1. The standard InChI is InChI=1S/C18H24O2.C5H14NO4P/c1-18-9-8-14-13-5-3-12(19)10-11(13)2-4-15(14)16(18)6-7-17(18)20;1-6(2,3)4-5-10-11(7,8)9/h3,5,10,14-17,19-20H,2,4,6-9H2,1H3;4-5H2,1-3H3,(H-,7,8,9)/t14-,15-,16+,17?,18+;/m1./s1. The van der Waals surface area contributed by atoms with Crippen molar-refractivity contribution >= 4 is 7.82 Å². The number of hydrogen-bond acceptors (Lipinski definition) is 5. The lowest BCUT2D eigenvalue weighted by Crippen LogP contribution is -2.43. The van der Waals surface area contributed by atoms with Gasteiger partial charge in [0.05, 0.1) is 27.2 Å². The summed E-state index contributed by atoms with van der Waals surface area (Å²) in [5.74, 6) is 2.49. The SMILES string of the molecule is C[C@]12CC[C@@H]3c4ccc(O)cc4CC[C@H]3[C@@H]1CCC2O.C[N+](C)(C)CCOP(=O)([O-])O. The minimum atomic E-state index is -4.51. The molecule has 2 saturated carbocycles. The molecule has 0 bridgehead atoms. The smallest absolute Gasteiger partial charge is 0.265 e. The topological polar surface area (TPSA) is 110 Å². The normalized spacial score (nSPS) is 33.9. The summed E-state index contributed by atoms with van der Waals surface area (Å²) in [4.78, 5) is 18.3. The van der Waals surface area contributed by atoms with Crippen LogP contribution in [-0.4, -0.2) is 60.0 Å². The summed E-state index contributed by atoms with van der Waals surface area (Å²) in [5, 5.41) is 20.0. The molecule has 176 valence electrons. The Bertz CT molecular complexity index is 819. The van der Waals surface area contributed by atoms with Crippen molar-refractivity contribution in [1.29, 1.82) is 0 Å². The molecule has 0 heterocycles. The molecule has 4 rings (SSSR count). The molecule has 0 spiro atoms. The molecule has 3 aliphatic rings. The first kappa shape index (κ1) is 24.7. The predicted molar refractivity (Wildman–Crippen MR) is 117 cm³/mol. The minimum Gasteiger partial charge on any atom is -0.756 e. The Balaban J connectivity index is 0.000000214. The first-order chi connectivity index (χ1) is 14.3. The van der Waals surface area contributed by atoms with Gasteiger partial charge in [-0.05, 0) is 85.0 Å². The van der Waals surface area contributed by atoms with Gasteiger partial charge in [-0.3, -0.25) is 4.57 Å². The molecule has 6 atom stereocenters. The molecule has 3 aliphatic carbocycles. The van der Waals surface area contributed by atoms with Crippen LogP contribution in [0.2, 0.25) is 0 Å². The number of aryl methyl sites for hydroxylation is 1. The summed E-state index contributed by atoms with van der Waals surface area (Å²) >= 11 is 0. The number of aromatic hydroxyl groups is 1. The summed E-state index contributed by atoms with van der Waals surface area (Å²) in [6.07, 6.45) is 6.78. The van der Waals surface area contributed by atoms with Crippen LogP contribution in [0.3, 0.4) is 0 Å². The fourth-order valence-electron chi connectivity index (χ4n) is 5.97. The molecule has 0 aliphatic heterocycles. The molecule has 0 saturated heterocycles. The molecule has 1 aromatic carbocycles. The monoisotopic (exact) mass is 455 g/mol. The van der Waals surface area contributed by atoms with Crippen LogP contribution in [0.5, 0.6) is 5.75 Å². The van der Waals surface area contributed by atoms with Gasteiger partial charge in [-0.2, -0.15) is 0 Å². The van der Waals surface area contributed by atoms with Crippen LogP contribution in [0.4, 0.5) is 0 Å². The predicted octanol–water partition coefficient (Wildman–Crippen LogP) is 2.78. The highest BCUT2D eigenvalue weighted by molar-refractivity contribution is 7.44. The van der Waals surface area contributed by atoms with Crippen molar-refractivity contribution in [2.75, 3.05) is 34.3 Å². The van der Waals surface area contributed by atoms with E-state index in [9.17, 15) is 19.7 Å². The molecular formula is C23H38NO6P. The zero-order valence-corrected chi connectivity index (χ0v) is 20.1. The zero-order valence-electron chi connectivity index (χ0n) is 19.2. The van der Waals surface area contributed by atoms with Crippen LogP contribution in [0.1, 0.15) is 56.1 Å². The molecule has 3 N–H and O–H groups in total. The van der Waals surface area contributed by atoms with Gasteiger partial charge in [0.1, 0.15) is 18.9 Å². The van der Waals surface area contributed by atoms with E-state index in [1.165, 1.54) is 30.4 Å².